The van der Waals surface area contributed by atoms with E-state index < -0.39 is 13.2 Å². The number of hydrogen-bond acceptors (Lipinski definition) is 1. The van der Waals surface area contributed by atoms with Gasteiger partial charge < -0.3 is 0 Å². The molecule has 3 heteroatoms. The second-order valence-corrected chi connectivity index (χ2v) is 9.28. The molecular weight excluding hydrogens is 402 g/mol. The van der Waals surface area contributed by atoms with Crippen molar-refractivity contribution < 1.29 is 11.4 Å². The molecule has 3 nitrogen and oxygen atoms in total. The minimum absolute atomic E-state index is 0.189. The van der Waals surface area contributed by atoms with Crippen LogP contribution in [0.3, 0.4) is 0 Å². The van der Waals surface area contributed by atoms with E-state index in [0.29, 0.717) is 28.6 Å². The number of nitrogens with zero attached hydrogens (tertiary/aromatic N) is 3. The SMILES string of the molecule is [2H]C([2H])([2H])c1cc2nc3n(c2c(-c2ccc4c(C([2H])([2H])C(C)C)cccc4[n+]2C)c1C)-c1ccccc1C3. The van der Waals surface area contributed by atoms with Crippen LogP contribution in [-0.2, 0) is 19.8 Å². The first-order valence-corrected chi connectivity index (χ1v) is 11.5. The minimum Gasteiger partial charge on any atom is -0.295 e. The summed E-state index contributed by atoms with van der Waals surface area (Å²) in [7, 11) is 1.97. The summed E-state index contributed by atoms with van der Waals surface area (Å²) in [5, 5.41) is 0.849. The molecule has 2 aromatic heterocycles. The van der Waals surface area contributed by atoms with Crippen LogP contribution in [0.15, 0.2) is 60.7 Å². The summed E-state index contributed by atoms with van der Waals surface area (Å²) in [6.45, 7) is 3.39. The van der Waals surface area contributed by atoms with Crippen molar-refractivity contribution in [3.05, 3.63) is 88.7 Å². The summed E-state index contributed by atoms with van der Waals surface area (Å²) in [5.74, 6) is 0.714. The van der Waals surface area contributed by atoms with Crippen molar-refractivity contribution in [3.8, 4) is 16.9 Å². The molecule has 5 aromatic rings. The molecule has 0 aliphatic carbocycles. The van der Waals surface area contributed by atoms with E-state index in [1.165, 1.54) is 5.56 Å². The van der Waals surface area contributed by atoms with E-state index in [4.69, 9.17) is 11.8 Å². The van der Waals surface area contributed by atoms with E-state index in [9.17, 15) is 0 Å². The van der Waals surface area contributed by atoms with E-state index in [2.05, 4.69) is 21.3 Å². The highest BCUT2D eigenvalue weighted by Crippen LogP contribution is 2.39. The van der Waals surface area contributed by atoms with Crippen LogP contribution in [0.2, 0.25) is 0 Å². The molecule has 6 rings (SSSR count). The first kappa shape index (κ1) is 15.4. The Morgan fingerprint density at radius 3 is 2.79 bits per heavy atom. The molecular formula is C30H30N3+. The van der Waals surface area contributed by atoms with Gasteiger partial charge in [-0.1, -0.05) is 44.2 Å². The Balaban J connectivity index is 1.72. The van der Waals surface area contributed by atoms with E-state index in [1.54, 1.807) is 6.07 Å². The van der Waals surface area contributed by atoms with Gasteiger partial charge in [-0.05, 0) is 66.5 Å². The molecule has 0 radical (unpaired) electrons. The van der Waals surface area contributed by atoms with E-state index in [-0.39, 0.29) is 5.92 Å². The van der Waals surface area contributed by atoms with Crippen LogP contribution in [-0.4, -0.2) is 9.55 Å². The Morgan fingerprint density at radius 1 is 1.12 bits per heavy atom. The minimum atomic E-state index is -2.28. The van der Waals surface area contributed by atoms with Gasteiger partial charge >= 0.3 is 0 Å². The fraction of sp³-hybridized carbons (Fsp3) is 0.267. The van der Waals surface area contributed by atoms with Crippen molar-refractivity contribution in [2.75, 3.05) is 0 Å². The van der Waals surface area contributed by atoms with Crippen LogP contribution in [0.5, 0.6) is 0 Å². The number of benzene rings is 3. The summed E-state index contributed by atoms with van der Waals surface area (Å²) >= 11 is 0. The van der Waals surface area contributed by atoms with Crippen molar-refractivity contribution in [1.29, 1.82) is 0 Å². The smallest absolute Gasteiger partial charge is 0.215 e. The van der Waals surface area contributed by atoms with Gasteiger partial charge in [0.05, 0.1) is 22.3 Å². The molecule has 0 unspecified atom stereocenters. The van der Waals surface area contributed by atoms with Crippen LogP contribution in [0.4, 0.5) is 0 Å². The molecule has 0 saturated carbocycles. The maximum atomic E-state index is 8.75. The maximum absolute atomic E-state index is 8.75. The topological polar surface area (TPSA) is 21.7 Å². The quantitative estimate of drug-likeness (QED) is 0.294. The third-order valence-electron chi connectivity index (χ3n) is 6.77. The first-order chi connectivity index (χ1) is 17.9. The Hall–Kier alpha value is -3.46. The van der Waals surface area contributed by atoms with E-state index in [1.807, 2.05) is 70.3 Å². The van der Waals surface area contributed by atoms with Gasteiger partial charge in [0.2, 0.25) is 11.2 Å². The Kier molecular flexibility index (Phi) is 3.39. The lowest BCUT2D eigenvalue weighted by atomic mass is 9.95. The lowest BCUT2D eigenvalue weighted by Gasteiger charge is -2.14. The molecule has 164 valence electrons. The molecule has 1 aliphatic rings. The van der Waals surface area contributed by atoms with Gasteiger partial charge in [0.1, 0.15) is 12.9 Å². The number of fused-ring (bicyclic) bond motifs is 6. The average molecular weight is 438 g/mol. The fourth-order valence-corrected chi connectivity index (χ4v) is 5.24. The Morgan fingerprint density at radius 2 is 1.97 bits per heavy atom. The summed E-state index contributed by atoms with van der Waals surface area (Å²) in [4.78, 5) is 4.92. The highest BCUT2D eigenvalue weighted by atomic mass is 15.1. The molecule has 0 fully saturated rings. The van der Waals surface area contributed by atoms with Crippen LogP contribution in [0, 0.1) is 19.7 Å². The van der Waals surface area contributed by atoms with Crippen LogP contribution >= 0.6 is 0 Å². The van der Waals surface area contributed by atoms with Crippen molar-refractivity contribution in [3.63, 3.8) is 0 Å². The van der Waals surface area contributed by atoms with Crippen molar-refractivity contribution in [1.82, 2.24) is 9.55 Å². The molecule has 33 heavy (non-hydrogen) atoms. The number of aromatic nitrogens is 3. The zero-order chi connectivity index (χ0) is 27.1. The summed E-state index contributed by atoms with van der Waals surface area (Å²) in [6, 6.07) is 19.7. The molecule has 0 saturated heterocycles. The second kappa shape index (κ2) is 7.28. The number of hydrogen-bond donors (Lipinski definition) is 0. The predicted molar refractivity (Wildman–Crippen MR) is 136 cm³/mol. The largest absolute Gasteiger partial charge is 0.295 e. The van der Waals surface area contributed by atoms with Gasteiger partial charge in [0, 0.05) is 30.8 Å². The standard InChI is InChI=1S/C30H30N3/c1-18(2)15-21-10-8-12-26-23(21)13-14-27(32(26)5)29-20(4)19(3)16-24-30(29)33-25-11-7-6-9-22(25)17-28(33)31-24/h6-14,16,18H,15,17H2,1-5H3/q+1/i3D3,15D2. The Bertz CT molecular complexity index is 1760. The van der Waals surface area contributed by atoms with Crippen molar-refractivity contribution >= 4 is 21.9 Å². The molecule has 0 amide bonds. The van der Waals surface area contributed by atoms with Crippen molar-refractivity contribution in [2.24, 2.45) is 13.0 Å². The van der Waals surface area contributed by atoms with Gasteiger partial charge in [0.15, 0.2) is 0 Å². The maximum Gasteiger partial charge on any atom is 0.215 e. The first-order valence-electron chi connectivity index (χ1n) is 14.0. The zero-order valence-corrected chi connectivity index (χ0v) is 19.4. The van der Waals surface area contributed by atoms with E-state index in [0.717, 1.165) is 39.2 Å². The number of imidazole rings is 1. The number of pyridine rings is 1. The Labute approximate surface area is 202 Å². The summed E-state index contributed by atoms with van der Waals surface area (Å²) in [5.41, 5.74) is 8.09. The molecule has 0 spiro atoms. The monoisotopic (exact) mass is 437 g/mol. The summed E-state index contributed by atoms with van der Waals surface area (Å²) in [6.07, 6.45) is -0.793. The lowest BCUT2D eigenvalue weighted by molar-refractivity contribution is -0.633. The van der Waals surface area contributed by atoms with Crippen LogP contribution in [0.25, 0.3) is 38.9 Å². The van der Waals surface area contributed by atoms with Crippen LogP contribution in [0.1, 0.15) is 48.8 Å². The number of rotatable bonds is 3. The van der Waals surface area contributed by atoms with Gasteiger partial charge in [-0.25, -0.2) is 4.98 Å². The molecule has 0 bridgehead atoms. The van der Waals surface area contributed by atoms with Gasteiger partial charge in [-0.2, -0.15) is 4.57 Å². The second-order valence-electron chi connectivity index (χ2n) is 9.28. The molecule has 0 atom stereocenters. The van der Waals surface area contributed by atoms with Gasteiger partial charge in [0.25, 0.3) is 0 Å². The predicted octanol–water partition coefficient (Wildman–Crippen LogP) is 6.39. The fourth-order valence-electron chi connectivity index (χ4n) is 5.24. The normalized spacial score (nSPS) is 15.7. The van der Waals surface area contributed by atoms with Crippen molar-refractivity contribution in [2.45, 2.75) is 40.4 Å². The number of aryl methyl sites for hydroxylation is 2. The zero-order valence-electron chi connectivity index (χ0n) is 24.4. The molecule has 3 aromatic carbocycles. The average Bonchev–Trinajstić information content (AvgIpc) is 3.39. The van der Waals surface area contributed by atoms with Crippen LogP contribution < -0.4 is 4.57 Å². The third-order valence-corrected chi connectivity index (χ3v) is 6.77. The third kappa shape index (κ3) is 2.95. The lowest BCUT2D eigenvalue weighted by Crippen LogP contribution is -2.32. The number of para-hydroxylation sites is 1. The molecule has 3 heterocycles. The molecule has 0 N–H and O–H groups in total. The molecule has 1 aliphatic heterocycles. The summed E-state index contributed by atoms with van der Waals surface area (Å²) < 4.78 is 46.5. The van der Waals surface area contributed by atoms with Gasteiger partial charge in [-0.3, -0.25) is 4.57 Å². The van der Waals surface area contributed by atoms with E-state index >= 15 is 0 Å². The van der Waals surface area contributed by atoms with Gasteiger partial charge in [-0.15, -0.1) is 0 Å². The highest BCUT2D eigenvalue weighted by Gasteiger charge is 2.28. The highest BCUT2D eigenvalue weighted by molar-refractivity contribution is 5.96.